The first kappa shape index (κ1) is 13.7. The maximum atomic E-state index is 12.1. The molecule has 0 fully saturated rings. The predicted molar refractivity (Wildman–Crippen MR) is 78.0 cm³/mol. The molecule has 3 heteroatoms. The summed E-state index contributed by atoms with van der Waals surface area (Å²) in [5.74, 6) is 0.116. The lowest BCUT2D eigenvalue weighted by atomic mass is 9.98. The van der Waals surface area contributed by atoms with E-state index in [1.165, 1.54) is 0 Å². The van der Waals surface area contributed by atoms with Crippen molar-refractivity contribution >= 4 is 16.7 Å². The van der Waals surface area contributed by atoms with Gasteiger partial charge in [-0.05, 0) is 24.1 Å². The van der Waals surface area contributed by atoms with E-state index in [9.17, 15) is 4.79 Å². The van der Waals surface area contributed by atoms with E-state index in [0.717, 1.165) is 35.7 Å². The number of aromatic nitrogens is 1. The van der Waals surface area contributed by atoms with E-state index in [-0.39, 0.29) is 11.8 Å². The summed E-state index contributed by atoms with van der Waals surface area (Å²) in [5.41, 5.74) is 7.87. The van der Waals surface area contributed by atoms with Crippen LogP contribution in [0.4, 0.5) is 0 Å². The van der Waals surface area contributed by atoms with Crippen molar-refractivity contribution < 1.29 is 4.79 Å². The lowest BCUT2D eigenvalue weighted by Crippen LogP contribution is -2.31. The number of hydrogen-bond acceptors (Lipinski definition) is 3. The second-order valence-electron chi connectivity index (χ2n) is 4.88. The Bertz CT molecular complexity index is 560. The maximum Gasteiger partial charge on any atom is 0.153 e. The van der Waals surface area contributed by atoms with Crippen LogP contribution in [0.2, 0.25) is 0 Å². The molecule has 1 unspecified atom stereocenters. The van der Waals surface area contributed by atoms with Crippen LogP contribution in [0, 0.1) is 0 Å². The number of rotatable bonds is 6. The normalized spacial score (nSPS) is 12.5. The lowest BCUT2D eigenvalue weighted by molar-refractivity contribution is -0.119. The molecule has 100 valence electrons. The van der Waals surface area contributed by atoms with Gasteiger partial charge in [0, 0.05) is 18.0 Å². The SMILES string of the molecule is CCCCC(N)C(=O)Cc1ccnc2ccccc12. The molecule has 0 amide bonds. The Morgan fingerprint density at radius 3 is 2.89 bits per heavy atom. The number of Topliss-reactive ketones (excluding diaryl/α,β-unsaturated/α-hetero) is 1. The van der Waals surface area contributed by atoms with Gasteiger partial charge >= 0.3 is 0 Å². The summed E-state index contributed by atoms with van der Waals surface area (Å²) < 4.78 is 0. The Labute approximate surface area is 113 Å². The number of unbranched alkanes of at least 4 members (excludes halogenated alkanes) is 1. The van der Waals surface area contributed by atoms with Crippen molar-refractivity contribution in [2.24, 2.45) is 5.73 Å². The van der Waals surface area contributed by atoms with Gasteiger partial charge in [-0.3, -0.25) is 9.78 Å². The first-order valence-corrected chi connectivity index (χ1v) is 6.83. The first-order chi connectivity index (χ1) is 9.22. The first-order valence-electron chi connectivity index (χ1n) is 6.83. The van der Waals surface area contributed by atoms with Crippen LogP contribution in [0.3, 0.4) is 0 Å². The Kier molecular flexibility index (Phi) is 4.63. The smallest absolute Gasteiger partial charge is 0.153 e. The number of fused-ring (bicyclic) bond motifs is 1. The molecule has 2 N–H and O–H groups in total. The van der Waals surface area contributed by atoms with Crippen molar-refractivity contribution in [3.05, 3.63) is 42.1 Å². The van der Waals surface area contributed by atoms with E-state index in [0.29, 0.717) is 6.42 Å². The molecule has 0 saturated heterocycles. The minimum Gasteiger partial charge on any atom is -0.321 e. The Balaban J connectivity index is 2.15. The van der Waals surface area contributed by atoms with E-state index >= 15 is 0 Å². The maximum absolute atomic E-state index is 12.1. The fraction of sp³-hybridized carbons (Fsp3) is 0.375. The molecule has 2 aromatic rings. The molecule has 0 aliphatic rings. The average Bonchev–Trinajstić information content (AvgIpc) is 2.45. The molecule has 0 bridgehead atoms. The highest BCUT2D eigenvalue weighted by atomic mass is 16.1. The van der Waals surface area contributed by atoms with Crippen molar-refractivity contribution in [2.45, 2.75) is 38.6 Å². The predicted octanol–water partition coefficient (Wildman–Crippen LogP) is 2.86. The van der Waals surface area contributed by atoms with Crippen LogP contribution >= 0.6 is 0 Å². The number of ketones is 1. The number of hydrogen-bond donors (Lipinski definition) is 1. The van der Waals surface area contributed by atoms with E-state index < -0.39 is 0 Å². The van der Waals surface area contributed by atoms with E-state index in [4.69, 9.17) is 5.73 Å². The van der Waals surface area contributed by atoms with Gasteiger partial charge in [0.15, 0.2) is 5.78 Å². The highest BCUT2D eigenvalue weighted by Gasteiger charge is 2.14. The minimum atomic E-state index is -0.341. The summed E-state index contributed by atoms with van der Waals surface area (Å²) in [6.45, 7) is 2.10. The number of carbonyl (C=O) groups is 1. The third-order valence-corrected chi connectivity index (χ3v) is 3.39. The molecule has 0 spiro atoms. The number of pyridine rings is 1. The Morgan fingerprint density at radius 1 is 1.32 bits per heavy atom. The minimum absolute atomic E-state index is 0.116. The number of carbonyl (C=O) groups excluding carboxylic acids is 1. The molecule has 3 nitrogen and oxygen atoms in total. The fourth-order valence-corrected chi connectivity index (χ4v) is 2.21. The molecular formula is C16H20N2O. The highest BCUT2D eigenvalue weighted by molar-refractivity contribution is 5.91. The van der Waals surface area contributed by atoms with Crippen molar-refractivity contribution in [1.82, 2.24) is 4.98 Å². The summed E-state index contributed by atoms with van der Waals surface area (Å²) in [6, 6.07) is 9.45. The third kappa shape index (κ3) is 3.38. The topological polar surface area (TPSA) is 56.0 Å². The lowest BCUT2D eigenvalue weighted by Gasteiger charge is -2.11. The average molecular weight is 256 g/mol. The number of nitrogens with zero attached hydrogens (tertiary/aromatic N) is 1. The molecule has 0 aliphatic heterocycles. The van der Waals surface area contributed by atoms with Gasteiger partial charge in [-0.2, -0.15) is 0 Å². The van der Waals surface area contributed by atoms with Gasteiger partial charge in [0.25, 0.3) is 0 Å². The van der Waals surface area contributed by atoms with Crippen molar-refractivity contribution in [1.29, 1.82) is 0 Å². The van der Waals surface area contributed by atoms with Gasteiger partial charge in [-0.1, -0.05) is 38.0 Å². The monoisotopic (exact) mass is 256 g/mol. The standard InChI is InChI=1S/C16H20N2O/c1-2-3-7-14(17)16(19)11-12-9-10-18-15-8-5-4-6-13(12)15/h4-6,8-10,14H,2-3,7,11,17H2,1H3. The summed E-state index contributed by atoms with van der Waals surface area (Å²) in [7, 11) is 0. The quantitative estimate of drug-likeness (QED) is 0.864. The number of benzene rings is 1. The van der Waals surface area contributed by atoms with Crippen LogP contribution in [-0.2, 0) is 11.2 Å². The zero-order chi connectivity index (χ0) is 13.7. The summed E-state index contributed by atoms with van der Waals surface area (Å²) in [6.07, 6.45) is 5.00. The summed E-state index contributed by atoms with van der Waals surface area (Å²) in [4.78, 5) is 16.4. The van der Waals surface area contributed by atoms with Gasteiger partial charge in [0.05, 0.1) is 11.6 Å². The van der Waals surface area contributed by atoms with Gasteiger partial charge < -0.3 is 5.73 Å². The van der Waals surface area contributed by atoms with E-state index in [1.807, 2.05) is 30.3 Å². The van der Waals surface area contributed by atoms with Crippen molar-refractivity contribution in [2.75, 3.05) is 0 Å². The molecular weight excluding hydrogens is 236 g/mol. The molecule has 1 atom stereocenters. The molecule has 19 heavy (non-hydrogen) atoms. The zero-order valence-corrected chi connectivity index (χ0v) is 11.3. The van der Waals surface area contributed by atoms with Crippen molar-refractivity contribution in [3.63, 3.8) is 0 Å². The van der Waals surface area contributed by atoms with Crippen LogP contribution in [0.15, 0.2) is 36.5 Å². The van der Waals surface area contributed by atoms with Crippen LogP contribution in [0.1, 0.15) is 31.7 Å². The second kappa shape index (κ2) is 6.43. The molecule has 1 aromatic heterocycles. The molecule has 0 aliphatic carbocycles. The van der Waals surface area contributed by atoms with E-state index in [1.54, 1.807) is 6.20 Å². The third-order valence-electron chi connectivity index (χ3n) is 3.39. The Morgan fingerprint density at radius 2 is 2.11 bits per heavy atom. The summed E-state index contributed by atoms with van der Waals surface area (Å²) in [5, 5.41) is 1.04. The highest BCUT2D eigenvalue weighted by Crippen LogP contribution is 2.17. The van der Waals surface area contributed by atoms with Crippen LogP contribution in [-0.4, -0.2) is 16.8 Å². The largest absolute Gasteiger partial charge is 0.321 e. The number of para-hydroxylation sites is 1. The van der Waals surface area contributed by atoms with Gasteiger partial charge in [-0.15, -0.1) is 0 Å². The van der Waals surface area contributed by atoms with Crippen LogP contribution in [0.5, 0.6) is 0 Å². The van der Waals surface area contributed by atoms with E-state index in [2.05, 4.69) is 11.9 Å². The van der Waals surface area contributed by atoms with Gasteiger partial charge in [-0.25, -0.2) is 0 Å². The van der Waals surface area contributed by atoms with Crippen LogP contribution < -0.4 is 5.73 Å². The van der Waals surface area contributed by atoms with Gasteiger partial charge in [0.2, 0.25) is 0 Å². The Hall–Kier alpha value is -1.74. The fourth-order valence-electron chi connectivity index (χ4n) is 2.21. The molecule has 1 aromatic carbocycles. The summed E-state index contributed by atoms with van der Waals surface area (Å²) >= 11 is 0. The molecule has 0 saturated carbocycles. The van der Waals surface area contributed by atoms with Crippen molar-refractivity contribution in [3.8, 4) is 0 Å². The molecule has 1 heterocycles. The molecule has 0 radical (unpaired) electrons. The molecule has 2 rings (SSSR count). The number of nitrogens with two attached hydrogens (primary N) is 1. The van der Waals surface area contributed by atoms with Crippen LogP contribution in [0.25, 0.3) is 10.9 Å². The second-order valence-corrected chi connectivity index (χ2v) is 4.88. The zero-order valence-electron chi connectivity index (χ0n) is 11.3. The van der Waals surface area contributed by atoms with Gasteiger partial charge in [0.1, 0.15) is 0 Å².